The molecule has 100 valence electrons. The number of carboxylic acid groups (broad SMARTS) is 1. The van der Waals surface area contributed by atoms with Gasteiger partial charge in [0.2, 0.25) is 0 Å². The number of carboxylic acids is 1. The Kier molecular flexibility index (Phi) is 3.64. The Morgan fingerprint density at radius 2 is 1.95 bits per heavy atom. The number of hydrogen-bond donors (Lipinski definition) is 1. The number of nitrogens with zero attached hydrogens (tertiary/aromatic N) is 2. The molecule has 2 aromatic rings. The molecule has 0 fully saturated rings. The molecule has 0 saturated heterocycles. The molecule has 1 heterocycles. The van der Waals surface area contributed by atoms with Crippen LogP contribution in [-0.4, -0.2) is 20.9 Å². The van der Waals surface area contributed by atoms with E-state index in [1.165, 1.54) is 4.68 Å². The molecule has 1 aromatic carbocycles. The van der Waals surface area contributed by atoms with Crippen LogP contribution in [0.25, 0.3) is 10.8 Å². The van der Waals surface area contributed by atoms with Crippen LogP contribution in [0.15, 0.2) is 29.1 Å². The lowest BCUT2D eigenvalue weighted by atomic mass is 10.1. The molecule has 0 saturated carbocycles. The molecule has 0 spiro atoms. The molecule has 0 bridgehead atoms. The van der Waals surface area contributed by atoms with E-state index in [-0.39, 0.29) is 11.3 Å². The number of hydrogen-bond acceptors (Lipinski definition) is 3. The molecule has 0 aliphatic rings. The lowest BCUT2D eigenvalue weighted by Crippen LogP contribution is -2.26. The highest BCUT2D eigenvalue weighted by molar-refractivity contribution is 6.01. The second-order valence-corrected chi connectivity index (χ2v) is 4.91. The SMILES string of the molecule is CC(C)CCn1nc(C(=O)O)c2ccccc2c1=O. The van der Waals surface area contributed by atoms with Crippen LogP contribution in [0, 0.1) is 5.92 Å². The molecule has 0 atom stereocenters. The molecule has 1 N–H and O–H groups in total. The van der Waals surface area contributed by atoms with Crippen LogP contribution in [0.3, 0.4) is 0 Å². The highest BCUT2D eigenvalue weighted by atomic mass is 16.4. The smallest absolute Gasteiger partial charge is 0.357 e. The van der Waals surface area contributed by atoms with Gasteiger partial charge in [0.25, 0.3) is 5.56 Å². The van der Waals surface area contributed by atoms with Crippen LogP contribution in [0.2, 0.25) is 0 Å². The highest BCUT2D eigenvalue weighted by Gasteiger charge is 2.15. The molecule has 19 heavy (non-hydrogen) atoms. The third-order valence-corrected chi connectivity index (χ3v) is 2.99. The van der Waals surface area contributed by atoms with Gasteiger partial charge in [0.05, 0.1) is 5.39 Å². The number of carbonyl (C=O) groups is 1. The average molecular weight is 260 g/mol. The van der Waals surface area contributed by atoms with Gasteiger partial charge in [-0.05, 0) is 18.4 Å². The zero-order valence-corrected chi connectivity index (χ0v) is 11.0. The van der Waals surface area contributed by atoms with Gasteiger partial charge in [-0.25, -0.2) is 9.48 Å². The monoisotopic (exact) mass is 260 g/mol. The summed E-state index contributed by atoms with van der Waals surface area (Å²) in [5.41, 5.74) is -0.305. The Morgan fingerprint density at radius 3 is 2.53 bits per heavy atom. The van der Waals surface area contributed by atoms with Gasteiger partial charge in [0, 0.05) is 11.9 Å². The average Bonchev–Trinajstić information content (AvgIpc) is 2.37. The molecular formula is C14H16N2O3. The van der Waals surface area contributed by atoms with Crippen molar-refractivity contribution in [3.8, 4) is 0 Å². The van der Waals surface area contributed by atoms with Crippen molar-refractivity contribution in [1.82, 2.24) is 9.78 Å². The van der Waals surface area contributed by atoms with Crippen molar-refractivity contribution in [3.05, 3.63) is 40.3 Å². The summed E-state index contributed by atoms with van der Waals surface area (Å²) in [5.74, 6) is -0.692. The van der Waals surface area contributed by atoms with Crippen molar-refractivity contribution in [1.29, 1.82) is 0 Å². The predicted octanol–water partition coefficient (Wildman–Crippen LogP) is 2.14. The van der Waals surface area contributed by atoms with Crippen molar-refractivity contribution in [2.45, 2.75) is 26.8 Å². The van der Waals surface area contributed by atoms with Crippen molar-refractivity contribution in [2.75, 3.05) is 0 Å². The summed E-state index contributed by atoms with van der Waals surface area (Å²) in [6.45, 7) is 4.52. The van der Waals surface area contributed by atoms with Crippen molar-refractivity contribution in [3.63, 3.8) is 0 Å². The number of fused-ring (bicyclic) bond motifs is 1. The van der Waals surface area contributed by atoms with Crippen LogP contribution < -0.4 is 5.56 Å². The summed E-state index contributed by atoms with van der Waals surface area (Å²) in [6, 6.07) is 6.67. The lowest BCUT2D eigenvalue weighted by Gasteiger charge is -2.10. The van der Waals surface area contributed by atoms with Crippen LogP contribution in [0.1, 0.15) is 30.8 Å². The summed E-state index contributed by atoms with van der Waals surface area (Å²) in [7, 11) is 0. The minimum atomic E-state index is -1.12. The Bertz CT molecular complexity index is 674. The lowest BCUT2D eigenvalue weighted by molar-refractivity contribution is 0.0690. The maximum atomic E-state index is 12.2. The van der Waals surface area contributed by atoms with E-state index in [2.05, 4.69) is 5.10 Å². The van der Waals surface area contributed by atoms with E-state index in [0.29, 0.717) is 23.2 Å². The number of benzene rings is 1. The van der Waals surface area contributed by atoms with Crippen LogP contribution in [0.4, 0.5) is 0 Å². The summed E-state index contributed by atoms with van der Waals surface area (Å²) in [6.07, 6.45) is 0.782. The predicted molar refractivity (Wildman–Crippen MR) is 72.4 cm³/mol. The molecule has 2 rings (SSSR count). The Morgan fingerprint density at radius 1 is 1.32 bits per heavy atom. The van der Waals surface area contributed by atoms with Crippen LogP contribution in [0.5, 0.6) is 0 Å². The first-order valence-corrected chi connectivity index (χ1v) is 6.24. The van der Waals surface area contributed by atoms with Gasteiger partial charge in [-0.3, -0.25) is 4.79 Å². The molecule has 1 aromatic heterocycles. The van der Waals surface area contributed by atoms with Gasteiger partial charge in [-0.1, -0.05) is 32.0 Å². The Balaban J connectivity index is 2.63. The maximum Gasteiger partial charge on any atom is 0.357 e. The molecule has 0 aliphatic carbocycles. The van der Waals surface area contributed by atoms with E-state index in [1.54, 1.807) is 24.3 Å². The minimum absolute atomic E-state index is 0.0704. The summed E-state index contributed by atoms with van der Waals surface area (Å²) in [5, 5.41) is 14.0. The van der Waals surface area contributed by atoms with E-state index < -0.39 is 5.97 Å². The van der Waals surface area contributed by atoms with E-state index in [9.17, 15) is 14.7 Å². The van der Waals surface area contributed by atoms with Gasteiger partial charge >= 0.3 is 5.97 Å². The van der Waals surface area contributed by atoms with E-state index >= 15 is 0 Å². The van der Waals surface area contributed by atoms with Crippen LogP contribution >= 0.6 is 0 Å². The first-order valence-electron chi connectivity index (χ1n) is 6.24. The zero-order chi connectivity index (χ0) is 14.0. The van der Waals surface area contributed by atoms with Crippen LogP contribution in [-0.2, 0) is 6.54 Å². The number of aromatic carboxylic acids is 1. The molecule has 0 radical (unpaired) electrons. The quantitative estimate of drug-likeness (QED) is 0.914. The number of aromatic nitrogens is 2. The van der Waals surface area contributed by atoms with Crippen molar-refractivity contribution < 1.29 is 9.90 Å². The first kappa shape index (κ1) is 13.3. The van der Waals surface area contributed by atoms with E-state index in [1.807, 2.05) is 13.8 Å². The van der Waals surface area contributed by atoms with Gasteiger partial charge in [0.15, 0.2) is 5.69 Å². The van der Waals surface area contributed by atoms with Gasteiger partial charge < -0.3 is 5.11 Å². The Hall–Kier alpha value is -2.17. The summed E-state index contributed by atoms with van der Waals surface area (Å²) >= 11 is 0. The van der Waals surface area contributed by atoms with Crippen molar-refractivity contribution in [2.24, 2.45) is 5.92 Å². The third kappa shape index (κ3) is 2.65. The van der Waals surface area contributed by atoms with Gasteiger partial charge in [-0.15, -0.1) is 0 Å². The molecule has 0 amide bonds. The number of rotatable bonds is 4. The third-order valence-electron chi connectivity index (χ3n) is 2.99. The summed E-state index contributed by atoms with van der Waals surface area (Å²) < 4.78 is 1.26. The first-order chi connectivity index (χ1) is 9.00. The molecule has 0 aliphatic heterocycles. The molecule has 5 nitrogen and oxygen atoms in total. The van der Waals surface area contributed by atoms with Crippen molar-refractivity contribution >= 4 is 16.7 Å². The second kappa shape index (κ2) is 5.22. The second-order valence-electron chi connectivity index (χ2n) is 4.91. The molecule has 5 heteroatoms. The van der Waals surface area contributed by atoms with Gasteiger partial charge in [0.1, 0.15) is 0 Å². The minimum Gasteiger partial charge on any atom is -0.476 e. The Labute approximate surface area is 110 Å². The largest absolute Gasteiger partial charge is 0.476 e. The molecule has 0 unspecified atom stereocenters. The standard InChI is InChI=1S/C14H16N2O3/c1-9(2)7-8-16-13(17)11-6-4-3-5-10(11)12(15-16)14(18)19/h3-6,9H,7-8H2,1-2H3,(H,18,19). The normalized spacial score (nSPS) is 11.1. The number of aryl methyl sites for hydroxylation is 1. The summed E-state index contributed by atoms with van der Waals surface area (Å²) in [4.78, 5) is 23.5. The van der Waals surface area contributed by atoms with E-state index in [4.69, 9.17) is 0 Å². The molecular weight excluding hydrogens is 244 g/mol. The van der Waals surface area contributed by atoms with E-state index in [0.717, 1.165) is 6.42 Å². The fourth-order valence-electron chi connectivity index (χ4n) is 1.93. The zero-order valence-electron chi connectivity index (χ0n) is 11.0. The fraction of sp³-hybridized carbons (Fsp3) is 0.357. The fourth-order valence-corrected chi connectivity index (χ4v) is 1.93. The topological polar surface area (TPSA) is 72.2 Å². The highest BCUT2D eigenvalue weighted by Crippen LogP contribution is 2.13. The van der Waals surface area contributed by atoms with Gasteiger partial charge in [-0.2, -0.15) is 5.10 Å². The maximum absolute atomic E-state index is 12.2.